The summed E-state index contributed by atoms with van der Waals surface area (Å²) >= 11 is 0. The molecule has 0 saturated carbocycles. The van der Waals surface area contributed by atoms with E-state index >= 15 is 0 Å². The van der Waals surface area contributed by atoms with Crippen molar-refractivity contribution in [2.75, 3.05) is 7.05 Å². The standard InChI is InChI=1S/C13H19NO/c1-4-8-12-11(5-2)9-6-7-10-13(15)14(12)3/h4-5,8H,2,6-7,9-10H2,1,3H3/b8-4-,12-11-. The summed E-state index contributed by atoms with van der Waals surface area (Å²) < 4.78 is 0. The van der Waals surface area contributed by atoms with E-state index < -0.39 is 0 Å². The van der Waals surface area contributed by atoms with E-state index in [0.717, 1.165) is 25.0 Å². The fourth-order valence-electron chi connectivity index (χ4n) is 1.82. The Hall–Kier alpha value is -1.31. The zero-order valence-corrected chi connectivity index (χ0v) is 9.62. The van der Waals surface area contributed by atoms with E-state index in [4.69, 9.17) is 0 Å². The van der Waals surface area contributed by atoms with Crippen molar-refractivity contribution in [2.24, 2.45) is 0 Å². The SMILES string of the molecule is C=C/C1=C(\C=C/C)N(C)C(=O)CCCC1. The van der Waals surface area contributed by atoms with Crippen molar-refractivity contribution >= 4 is 5.91 Å². The molecule has 0 atom stereocenters. The van der Waals surface area contributed by atoms with Gasteiger partial charge in [0.15, 0.2) is 0 Å². The predicted molar refractivity (Wildman–Crippen MR) is 63.3 cm³/mol. The minimum absolute atomic E-state index is 0.196. The van der Waals surface area contributed by atoms with Crippen molar-refractivity contribution in [3.05, 3.63) is 36.1 Å². The molecule has 0 saturated heterocycles. The first-order valence-corrected chi connectivity index (χ1v) is 5.45. The van der Waals surface area contributed by atoms with Gasteiger partial charge in [-0.05, 0) is 37.8 Å². The number of amides is 1. The number of nitrogens with zero attached hydrogens (tertiary/aromatic N) is 1. The van der Waals surface area contributed by atoms with Gasteiger partial charge in [0, 0.05) is 19.2 Å². The second-order valence-corrected chi connectivity index (χ2v) is 3.77. The maximum atomic E-state index is 11.7. The van der Waals surface area contributed by atoms with Crippen molar-refractivity contribution in [2.45, 2.75) is 32.6 Å². The van der Waals surface area contributed by atoms with Gasteiger partial charge in [-0.15, -0.1) is 0 Å². The third kappa shape index (κ3) is 2.82. The van der Waals surface area contributed by atoms with Gasteiger partial charge in [-0.3, -0.25) is 4.79 Å². The Balaban J connectivity index is 3.10. The average Bonchev–Trinajstić information content (AvgIpc) is 2.24. The van der Waals surface area contributed by atoms with Crippen LogP contribution in [0.15, 0.2) is 36.1 Å². The van der Waals surface area contributed by atoms with E-state index in [1.165, 1.54) is 5.57 Å². The number of allylic oxidation sites excluding steroid dienone is 4. The summed E-state index contributed by atoms with van der Waals surface area (Å²) in [5.74, 6) is 0.196. The van der Waals surface area contributed by atoms with E-state index in [-0.39, 0.29) is 5.91 Å². The van der Waals surface area contributed by atoms with Crippen LogP contribution in [0.5, 0.6) is 0 Å². The van der Waals surface area contributed by atoms with Crippen LogP contribution in [0.25, 0.3) is 0 Å². The van der Waals surface area contributed by atoms with Crippen LogP contribution in [0.4, 0.5) is 0 Å². The van der Waals surface area contributed by atoms with Crippen molar-refractivity contribution < 1.29 is 4.79 Å². The van der Waals surface area contributed by atoms with Gasteiger partial charge in [0.2, 0.25) is 5.91 Å². The summed E-state index contributed by atoms with van der Waals surface area (Å²) in [4.78, 5) is 13.5. The highest BCUT2D eigenvalue weighted by Crippen LogP contribution is 2.22. The molecule has 0 aromatic rings. The normalized spacial score (nSPS) is 24.1. The van der Waals surface area contributed by atoms with Gasteiger partial charge in [0.1, 0.15) is 0 Å². The summed E-state index contributed by atoms with van der Waals surface area (Å²) in [7, 11) is 1.84. The lowest BCUT2D eigenvalue weighted by molar-refractivity contribution is -0.128. The molecule has 1 aliphatic rings. The van der Waals surface area contributed by atoms with E-state index in [9.17, 15) is 4.79 Å². The maximum absolute atomic E-state index is 11.7. The van der Waals surface area contributed by atoms with Crippen molar-refractivity contribution in [3.63, 3.8) is 0 Å². The highest BCUT2D eigenvalue weighted by molar-refractivity contribution is 5.78. The first kappa shape index (κ1) is 11.8. The molecule has 0 aromatic carbocycles. The molecular formula is C13H19NO. The van der Waals surface area contributed by atoms with Gasteiger partial charge in [0.25, 0.3) is 0 Å². The van der Waals surface area contributed by atoms with Gasteiger partial charge in [-0.2, -0.15) is 0 Å². The Morgan fingerprint density at radius 1 is 1.33 bits per heavy atom. The molecule has 0 aromatic heterocycles. The molecule has 0 bridgehead atoms. The monoisotopic (exact) mass is 205 g/mol. The van der Waals surface area contributed by atoms with Crippen LogP contribution in [0.1, 0.15) is 32.6 Å². The molecule has 82 valence electrons. The Labute approximate surface area is 92.0 Å². The Morgan fingerprint density at radius 3 is 2.60 bits per heavy atom. The Kier molecular flexibility index (Phi) is 4.35. The number of hydrogen-bond acceptors (Lipinski definition) is 1. The topological polar surface area (TPSA) is 20.3 Å². The van der Waals surface area contributed by atoms with Crippen LogP contribution < -0.4 is 0 Å². The summed E-state index contributed by atoms with van der Waals surface area (Å²) in [6.07, 6.45) is 9.53. The number of rotatable bonds is 2. The van der Waals surface area contributed by atoms with Crippen LogP contribution in [0, 0.1) is 0 Å². The Morgan fingerprint density at radius 2 is 2.00 bits per heavy atom. The lowest BCUT2D eigenvalue weighted by Crippen LogP contribution is -2.27. The van der Waals surface area contributed by atoms with Gasteiger partial charge in [0.05, 0.1) is 0 Å². The van der Waals surface area contributed by atoms with Crippen LogP contribution >= 0.6 is 0 Å². The average molecular weight is 205 g/mol. The molecule has 1 amide bonds. The van der Waals surface area contributed by atoms with E-state index in [0.29, 0.717) is 6.42 Å². The van der Waals surface area contributed by atoms with E-state index in [1.54, 1.807) is 4.90 Å². The van der Waals surface area contributed by atoms with Crippen LogP contribution in [-0.4, -0.2) is 17.9 Å². The molecule has 0 N–H and O–H groups in total. The number of carbonyl (C=O) groups is 1. The second-order valence-electron chi connectivity index (χ2n) is 3.77. The minimum atomic E-state index is 0.196. The molecule has 0 fully saturated rings. The molecule has 1 heterocycles. The maximum Gasteiger partial charge on any atom is 0.226 e. The molecule has 0 radical (unpaired) electrons. The minimum Gasteiger partial charge on any atom is -0.315 e. The second kappa shape index (κ2) is 5.54. The van der Waals surface area contributed by atoms with Crippen LogP contribution in [-0.2, 0) is 4.79 Å². The quantitative estimate of drug-likeness (QED) is 0.678. The predicted octanol–water partition coefficient (Wildman–Crippen LogP) is 3.04. The zero-order valence-electron chi connectivity index (χ0n) is 9.62. The number of likely N-dealkylation sites (N-methyl/N-ethyl adjacent to an activating group) is 1. The highest BCUT2D eigenvalue weighted by Gasteiger charge is 2.16. The van der Waals surface area contributed by atoms with E-state index in [2.05, 4.69) is 6.58 Å². The number of carbonyl (C=O) groups excluding carboxylic acids is 1. The lowest BCUT2D eigenvalue weighted by atomic mass is 10.0. The Bertz CT molecular complexity index is 312. The van der Waals surface area contributed by atoms with Gasteiger partial charge in [-0.1, -0.05) is 18.7 Å². The van der Waals surface area contributed by atoms with Crippen molar-refractivity contribution in [3.8, 4) is 0 Å². The molecule has 2 heteroatoms. The third-order valence-electron chi connectivity index (χ3n) is 2.72. The highest BCUT2D eigenvalue weighted by atomic mass is 16.2. The third-order valence-corrected chi connectivity index (χ3v) is 2.72. The smallest absolute Gasteiger partial charge is 0.226 e. The lowest BCUT2D eigenvalue weighted by Gasteiger charge is -2.23. The molecule has 15 heavy (non-hydrogen) atoms. The van der Waals surface area contributed by atoms with Gasteiger partial charge < -0.3 is 4.90 Å². The molecule has 1 aliphatic heterocycles. The molecular weight excluding hydrogens is 186 g/mol. The van der Waals surface area contributed by atoms with Gasteiger partial charge in [-0.25, -0.2) is 0 Å². The fourth-order valence-corrected chi connectivity index (χ4v) is 1.82. The first-order chi connectivity index (χ1) is 7.20. The molecule has 0 unspecified atom stereocenters. The summed E-state index contributed by atoms with van der Waals surface area (Å²) in [5.41, 5.74) is 2.17. The summed E-state index contributed by atoms with van der Waals surface area (Å²) in [6, 6.07) is 0. The van der Waals surface area contributed by atoms with E-state index in [1.807, 2.05) is 32.2 Å². The van der Waals surface area contributed by atoms with Crippen LogP contribution in [0.2, 0.25) is 0 Å². The van der Waals surface area contributed by atoms with Crippen molar-refractivity contribution in [1.29, 1.82) is 0 Å². The van der Waals surface area contributed by atoms with Crippen molar-refractivity contribution in [1.82, 2.24) is 4.90 Å². The molecule has 1 rings (SSSR count). The summed E-state index contributed by atoms with van der Waals surface area (Å²) in [5, 5.41) is 0. The fraction of sp³-hybridized carbons (Fsp3) is 0.462. The molecule has 2 nitrogen and oxygen atoms in total. The largest absolute Gasteiger partial charge is 0.315 e. The van der Waals surface area contributed by atoms with Crippen LogP contribution in [0.3, 0.4) is 0 Å². The summed E-state index contributed by atoms with van der Waals surface area (Å²) in [6.45, 7) is 5.78. The van der Waals surface area contributed by atoms with Gasteiger partial charge >= 0.3 is 0 Å². The molecule has 0 spiro atoms. The zero-order chi connectivity index (χ0) is 11.3. The molecule has 0 aliphatic carbocycles. The first-order valence-electron chi connectivity index (χ1n) is 5.45. The number of hydrogen-bond donors (Lipinski definition) is 0.